The van der Waals surface area contributed by atoms with Gasteiger partial charge in [-0.15, -0.1) is 0 Å². The van der Waals surface area contributed by atoms with Crippen LogP contribution in [0.25, 0.3) is 0 Å². The van der Waals surface area contributed by atoms with Crippen LogP contribution in [0.4, 0.5) is 5.69 Å². The average Bonchev–Trinajstić information content (AvgIpc) is 2.94. The second kappa shape index (κ2) is 3.59. The Hall–Kier alpha value is -1.83. The van der Waals surface area contributed by atoms with Gasteiger partial charge >= 0.3 is 0 Å². The van der Waals surface area contributed by atoms with Crippen molar-refractivity contribution in [3.05, 3.63) is 60.4 Å². The first-order valence-corrected chi connectivity index (χ1v) is 5.96. The van der Waals surface area contributed by atoms with Gasteiger partial charge < -0.3 is 4.90 Å². The van der Waals surface area contributed by atoms with Crippen LogP contribution in [0, 0.1) is 0 Å². The molecule has 17 heavy (non-hydrogen) atoms. The lowest BCUT2D eigenvalue weighted by Crippen LogP contribution is -2.06. The minimum absolute atomic E-state index is 0.162. The largest absolute Gasteiger partial charge is 0.353 e. The number of pyridine rings is 1. The Bertz CT molecular complexity index is 457. The molecule has 86 valence electrons. The van der Waals surface area contributed by atoms with Gasteiger partial charge in [0.05, 0.1) is 17.3 Å². The molecule has 2 heterocycles. The molecule has 0 aliphatic carbocycles. The molecule has 2 aromatic rings. The summed E-state index contributed by atoms with van der Waals surface area (Å²) in [7, 11) is 0. The summed E-state index contributed by atoms with van der Waals surface area (Å²) in [5, 5.41) is 0. The van der Waals surface area contributed by atoms with E-state index in [1.807, 2.05) is 12.3 Å². The maximum atomic E-state index is 4.47. The van der Waals surface area contributed by atoms with Crippen molar-refractivity contribution in [1.82, 2.24) is 4.98 Å². The van der Waals surface area contributed by atoms with Gasteiger partial charge in [-0.2, -0.15) is 0 Å². The van der Waals surface area contributed by atoms with Crippen LogP contribution in [0.1, 0.15) is 25.6 Å². The summed E-state index contributed by atoms with van der Waals surface area (Å²) in [6.45, 7) is 4.53. The molecule has 1 aromatic carbocycles. The van der Waals surface area contributed by atoms with Crippen molar-refractivity contribution in [3.8, 4) is 0 Å². The highest BCUT2D eigenvalue weighted by Gasteiger charge is 2.56. The zero-order chi connectivity index (χ0) is 11.9. The Labute approximate surface area is 102 Å². The maximum Gasteiger partial charge on any atom is 0.0946 e. The van der Waals surface area contributed by atoms with Gasteiger partial charge in [0.25, 0.3) is 0 Å². The molecular formula is C15H16N2. The van der Waals surface area contributed by atoms with Crippen molar-refractivity contribution in [2.24, 2.45) is 0 Å². The van der Waals surface area contributed by atoms with Crippen molar-refractivity contribution in [3.63, 3.8) is 0 Å². The van der Waals surface area contributed by atoms with Gasteiger partial charge in [0.1, 0.15) is 0 Å². The molecule has 0 amide bonds. The van der Waals surface area contributed by atoms with Crippen molar-refractivity contribution >= 4 is 5.69 Å². The molecule has 1 atom stereocenters. The van der Waals surface area contributed by atoms with Crippen molar-refractivity contribution in [2.45, 2.75) is 25.4 Å². The molecule has 0 bridgehead atoms. The van der Waals surface area contributed by atoms with E-state index in [1.165, 1.54) is 5.69 Å². The summed E-state index contributed by atoms with van der Waals surface area (Å²) in [6.07, 6.45) is 1.87. The molecule has 1 unspecified atom stereocenters. The number of aromatic nitrogens is 1. The Morgan fingerprint density at radius 2 is 1.71 bits per heavy atom. The fraction of sp³-hybridized carbons (Fsp3) is 0.267. The second-order valence-corrected chi connectivity index (χ2v) is 5.02. The Balaban J connectivity index is 1.95. The Kier molecular flexibility index (Phi) is 2.18. The molecule has 0 N–H and O–H groups in total. The lowest BCUT2D eigenvalue weighted by Gasteiger charge is -2.07. The summed E-state index contributed by atoms with van der Waals surface area (Å²) in [6, 6.07) is 17.1. The number of hydrogen-bond acceptors (Lipinski definition) is 2. The molecule has 1 aliphatic heterocycles. The quantitative estimate of drug-likeness (QED) is 0.726. The van der Waals surface area contributed by atoms with Gasteiger partial charge in [-0.3, -0.25) is 4.98 Å². The first-order chi connectivity index (χ1) is 8.21. The fourth-order valence-electron chi connectivity index (χ4n) is 2.59. The van der Waals surface area contributed by atoms with Crippen LogP contribution in [0.15, 0.2) is 54.7 Å². The first-order valence-electron chi connectivity index (χ1n) is 5.96. The van der Waals surface area contributed by atoms with Crippen molar-refractivity contribution in [1.29, 1.82) is 0 Å². The normalized spacial score (nSPS) is 21.3. The second-order valence-electron chi connectivity index (χ2n) is 5.02. The SMILES string of the molecule is CC1(C)C(c2ccccn2)N1c1ccccc1. The van der Waals surface area contributed by atoms with E-state index in [-0.39, 0.29) is 5.54 Å². The average molecular weight is 224 g/mol. The number of para-hydroxylation sites is 1. The van der Waals surface area contributed by atoms with Crippen LogP contribution in [0.3, 0.4) is 0 Å². The molecule has 0 spiro atoms. The van der Waals surface area contributed by atoms with Gasteiger partial charge in [-0.25, -0.2) is 0 Å². The fourth-order valence-corrected chi connectivity index (χ4v) is 2.59. The van der Waals surface area contributed by atoms with E-state index in [0.717, 1.165) is 5.69 Å². The van der Waals surface area contributed by atoms with Crippen LogP contribution in [-0.4, -0.2) is 10.5 Å². The van der Waals surface area contributed by atoms with E-state index < -0.39 is 0 Å². The summed E-state index contributed by atoms with van der Waals surface area (Å²) in [5.74, 6) is 0. The standard InChI is InChI=1S/C15H16N2/c1-15(2)14(13-10-6-7-11-16-13)17(15)12-8-4-3-5-9-12/h3-11,14H,1-2H3. The number of benzene rings is 1. The van der Waals surface area contributed by atoms with Gasteiger partial charge in [-0.05, 0) is 38.1 Å². The first kappa shape index (κ1) is 10.3. The number of hydrogen-bond donors (Lipinski definition) is 0. The van der Waals surface area contributed by atoms with Crippen molar-refractivity contribution in [2.75, 3.05) is 4.90 Å². The number of anilines is 1. The van der Waals surface area contributed by atoms with Gasteiger partial charge in [-0.1, -0.05) is 24.3 Å². The third-order valence-corrected chi connectivity index (χ3v) is 3.48. The van der Waals surface area contributed by atoms with E-state index in [1.54, 1.807) is 0 Å². The monoisotopic (exact) mass is 224 g/mol. The van der Waals surface area contributed by atoms with E-state index in [4.69, 9.17) is 0 Å². The highest BCUT2D eigenvalue weighted by atomic mass is 15.4. The minimum atomic E-state index is 0.162. The molecule has 0 radical (unpaired) electrons. The molecule has 1 aromatic heterocycles. The highest BCUT2D eigenvalue weighted by Crippen LogP contribution is 2.54. The van der Waals surface area contributed by atoms with E-state index in [2.05, 4.69) is 66.2 Å². The molecular weight excluding hydrogens is 208 g/mol. The highest BCUT2D eigenvalue weighted by molar-refractivity contribution is 5.61. The van der Waals surface area contributed by atoms with E-state index in [0.29, 0.717) is 6.04 Å². The number of nitrogens with zero attached hydrogens (tertiary/aromatic N) is 2. The van der Waals surface area contributed by atoms with Crippen LogP contribution in [-0.2, 0) is 0 Å². The van der Waals surface area contributed by atoms with Gasteiger partial charge in [0, 0.05) is 11.9 Å². The van der Waals surface area contributed by atoms with E-state index >= 15 is 0 Å². The Morgan fingerprint density at radius 3 is 2.35 bits per heavy atom. The maximum absolute atomic E-state index is 4.47. The van der Waals surface area contributed by atoms with Crippen LogP contribution < -0.4 is 4.90 Å². The minimum Gasteiger partial charge on any atom is -0.353 e. The van der Waals surface area contributed by atoms with Crippen molar-refractivity contribution < 1.29 is 0 Å². The molecule has 2 nitrogen and oxygen atoms in total. The Morgan fingerprint density at radius 1 is 1.00 bits per heavy atom. The van der Waals surface area contributed by atoms with Crippen LogP contribution >= 0.6 is 0 Å². The topological polar surface area (TPSA) is 15.9 Å². The molecule has 0 saturated carbocycles. The summed E-state index contributed by atoms with van der Waals surface area (Å²) >= 11 is 0. The lowest BCUT2D eigenvalue weighted by atomic mass is 10.1. The summed E-state index contributed by atoms with van der Waals surface area (Å²) in [5.41, 5.74) is 2.59. The molecule has 2 heteroatoms. The zero-order valence-electron chi connectivity index (χ0n) is 10.2. The molecule has 1 saturated heterocycles. The number of rotatable bonds is 2. The summed E-state index contributed by atoms with van der Waals surface area (Å²) in [4.78, 5) is 6.88. The van der Waals surface area contributed by atoms with Crippen LogP contribution in [0.2, 0.25) is 0 Å². The van der Waals surface area contributed by atoms with Gasteiger partial charge in [0.15, 0.2) is 0 Å². The molecule has 1 aliphatic rings. The zero-order valence-corrected chi connectivity index (χ0v) is 10.2. The van der Waals surface area contributed by atoms with Gasteiger partial charge in [0.2, 0.25) is 0 Å². The third kappa shape index (κ3) is 1.60. The van der Waals surface area contributed by atoms with E-state index in [9.17, 15) is 0 Å². The predicted octanol–water partition coefficient (Wildman–Crippen LogP) is 3.42. The third-order valence-electron chi connectivity index (χ3n) is 3.48. The van der Waals surface area contributed by atoms with Crippen LogP contribution in [0.5, 0.6) is 0 Å². The predicted molar refractivity (Wildman–Crippen MR) is 70.0 cm³/mol. The lowest BCUT2D eigenvalue weighted by molar-refractivity contribution is 0.758. The molecule has 3 rings (SSSR count). The summed E-state index contributed by atoms with van der Waals surface area (Å²) < 4.78 is 0. The smallest absolute Gasteiger partial charge is 0.0946 e. The molecule has 1 fully saturated rings.